The maximum Gasteiger partial charge on any atom is 0.255 e. The van der Waals surface area contributed by atoms with E-state index in [1.165, 1.54) is 7.11 Å². The molecule has 1 unspecified atom stereocenters. The Kier molecular flexibility index (Phi) is 7.02. The Bertz CT molecular complexity index is 459. The molecule has 1 aromatic carbocycles. The van der Waals surface area contributed by atoms with Gasteiger partial charge in [0.25, 0.3) is 5.91 Å². The Balaban J connectivity index is 2.71. The lowest BCUT2D eigenvalue weighted by atomic mass is 9.95. The molecule has 0 aliphatic carbocycles. The van der Waals surface area contributed by atoms with Crippen LogP contribution in [0.5, 0.6) is 11.5 Å². The first-order valence-corrected chi connectivity index (χ1v) is 7.33. The highest BCUT2D eigenvalue weighted by atomic mass is 16.5. The van der Waals surface area contributed by atoms with E-state index >= 15 is 0 Å². The maximum atomic E-state index is 12.2. The lowest BCUT2D eigenvalue weighted by Gasteiger charge is -2.21. The van der Waals surface area contributed by atoms with E-state index in [9.17, 15) is 4.79 Å². The van der Waals surface area contributed by atoms with E-state index in [-0.39, 0.29) is 11.9 Å². The molecular formula is C16H26N2O3. The maximum absolute atomic E-state index is 12.2. The fourth-order valence-electron chi connectivity index (χ4n) is 2.35. The lowest BCUT2D eigenvalue weighted by Crippen LogP contribution is -2.41. The fraction of sp³-hybridized carbons (Fsp3) is 0.562. The van der Waals surface area contributed by atoms with Crippen LogP contribution in [0, 0.1) is 5.92 Å². The summed E-state index contributed by atoms with van der Waals surface area (Å²) >= 11 is 0. The van der Waals surface area contributed by atoms with Crippen molar-refractivity contribution >= 4 is 5.91 Å². The molecule has 0 saturated heterocycles. The summed E-state index contributed by atoms with van der Waals surface area (Å²) in [7, 11) is 3.10. The average Bonchev–Trinajstić information content (AvgIpc) is 2.52. The normalized spacial score (nSPS) is 12.1. The minimum Gasteiger partial charge on any atom is -0.497 e. The summed E-state index contributed by atoms with van der Waals surface area (Å²) in [6, 6.07) is 5.08. The van der Waals surface area contributed by atoms with Crippen LogP contribution in [0.15, 0.2) is 18.2 Å². The van der Waals surface area contributed by atoms with Gasteiger partial charge in [-0.25, -0.2) is 0 Å². The third-order valence-corrected chi connectivity index (χ3v) is 3.81. The fourth-order valence-corrected chi connectivity index (χ4v) is 2.35. The Hall–Kier alpha value is -1.75. The van der Waals surface area contributed by atoms with E-state index in [4.69, 9.17) is 15.2 Å². The van der Waals surface area contributed by atoms with Crippen LogP contribution in [-0.2, 0) is 0 Å². The number of ether oxygens (including phenoxy) is 2. The standard InChI is InChI=1S/C16H26N2O3/c1-5-11(6-2)14(17)10-18-16(19)13-8-7-12(20-3)9-15(13)21-4/h7-9,11,14H,5-6,10,17H2,1-4H3,(H,18,19). The van der Waals surface area contributed by atoms with Gasteiger partial charge in [-0.15, -0.1) is 0 Å². The van der Waals surface area contributed by atoms with Crippen LogP contribution < -0.4 is 20.5 Å². The highest BCUT2D eigenvalue weighted by Gasteiger charge is 2.17. The van der Waals surface area contributed by atoms with Crippen molar-refractivity contribution in [1.29, 1.82) is 0 Å². The lowest BCUT2D eigenvalue weighted by molar-refractivity contribution is 0.0945. The zero-order chi connectivity index (χ0) is 15.8. The van der Waals surface area contributed by atoms with Gasteiger partial charge in [0.15, 0.2) is 0 Å². The van der Waals surface area contributed by atoms with Gasteiger partial charge in [0.1, 0.15) is 11.5 Å². The van der Waals surface area contributed by atoms with E-state index in [0.717, 1.165) is 12.8 Å². The summed E-state index contributed by atoms with van der Waals surface area (Å²) in [5, 5.41) is 2.88. The van der Waals surface area contributed by atoms with Gasteiger partial charge >= 0.3 is 0 Å². The molecule has 0 heterocycles. The van der Waals surface area contributed by atoms with E-state index in [1.54, 1.807) is 25.3 Å². The molecule has 1 amide bonds. The van der Waals surface area contributed by atoms with Crippen LogP contribution in [0.25, 0.3) is 0 Å². The quantitative estimate of drug-likeness (QED) is 0.771. The predicted molar refractivity (Wildman–Crippen MR) is 83.9 cm³/mol. The van der Waals surface area contributed by atoms with E-state index in [1.807, 2.05) is 0 Å². The number of nitrogens with two attached hydrogens (primary N) is 1. The largest absolute Gasteiger partial charge is 0.497 e. The van der Waals surface area contributed by atoms with Crippen molar-refractivity contribution < 1.29 is 14.3 Å². The Morgan fingerprint density at radius 2 is 1.90 bits per heavy atom. The minimum atomic E-state index is -0.184. The van der Waals surface area contributed by atoms with Crippen LogP contribution in [0.4, 0.5) is 0 Å². The molecule has 1 rings (SSSR count). The first kappa shape index (κ1) is 17.3. The first-order valence-electron chi connectivity index (χ1n) is 7.33. The zero-order valence-electron chi connectivity index (χ0n) is 13.3. The molecule has 0 aliphatic rings. The highest BCUT2D eigenvalue weighted by molar-refractivity contribution is 5.97. The van der Waals surface area contributed by atoms with Gasteiger partial charge in [-0.3, -0.25) is 4.79 Å². The second-order valence-electron chi connectivity index (χ2n) is 5.02. The topological polar surface area (TPSA) is 73.6 Å². The van der Waals surface area contributed by atoms with Crippen LogP contribution >= 0.6 is 0 Å². The third-order valence-electron chi connectivity index (χ3n) is 3.81. The summed E-state index contributed by atoms with van der Waals surface area (Å²) in [5.41, 5.74) is 6.60. The molecule has 0 aromatic heterocycles. The highest BCUT2D eigenvalue weighted by Crippen LogP contribution is 2.24. The SMILES string of the molecule is CCC(CC)C(N)CNC(=O)c1ccc(OC)cc1OC. The molecule has 0 bridgehead atoms. The molecule has 1 atom stereocenters. The molecule has 0 spiro atoms. The number of methoxy groups -OCH3 is 2. The summed E-state index contributed by atoms with van der Waals surface area (Å²) in [6.07, 6.45) is 2.03. The second-order valence-corrected chi connectivity index (χ2v) is 5.02. The summed E-state index contributed by atoms with van der Waals surface area (Å²) < 4.78 is 10.4. The summed E-state index contributed by atoms with van der Waals surface area (Å²) in [4.78, 5) is 12.2. The molecule has 5 nitrogen and oxygen atoms in total. The van der Waals surface area contributed by atoms with Crippen molar-refractivity contribution in [3.8, 4) is 11.5 Å². The van der Waals surface area contributed by atoms with E-state index in [0.29, 0.717) is 29.5 Å². The Morgan fingerprint density at radius 1 is 1.24 bits per heavy atom. The van der Waals surface area contributed by atoms with Crippen molar-refractivity contribution in [2.24, 2.45) is 11.7 Å². The minimum absolute atomic E-state index is 0.0341. The van der Waals surface area contributed by atoms with Crippen molar-refractivity contribution in [3.05, 3.63) is 23.8 Å². The number of nitrogens with one attached hydrogen (secondary N) is 1. The molecule has 0 fully saturated rings. The van der Waals surface area contributed by atoms with Crippen molar-refractivity contribution in [2.75, 3.05) is 20.8 Å². The predicted octanol–water partition coefficient (Wildman–Crippen LogP) is 2.20. The first-order chi connectivity index (χ1) is 10.1. The van der Waals surface area contributed by atoms with Gasteiger partial charge in [0, 0.05) is 18.7 Å². The third kappa shape index (κ3) is 4.63. The number of hydrogen-bond acceptors (Lipinski definition) is 4. The Labute approximate surface area is 126 Å². The molecular weight excluding hydrogens is 268 g/mol. The van der Waals surface area contributed by atoms with Gasteiger partial charge in [-0.2, -0.15) is 0 Å². The van der Waals surface area contributed by atoms with E-state index < -0.39 is 0 Å². The number of benzene rings is 1. The average molecular weight is 294 g/mol. The number of carbonyl (C=O) groups excluding carboxylic acids is 1. The van der Waals surface area contributed by atoms with Gasteiger partial charge in [-0.05, 0) is 18.1 Å². The van der Waals surface area contributed by atoms with E-state index in [2.05, 4.69) is 19.2 Å². The molecule has 5 heteroatoms. The second kappa shape index (κ2) is 8.52. The van der Waals surface area contributed by atoms with Crippen molar-refractivity contribution in [2.45, 2.75) is 32.7 Å². The van der Waals surface area contributed by atoms with Crippen LogP contribution in [0.3, 0.4) is 0 Å². The number of amides is 1. The molecule has 0 aliphatic heterocycles. The van der Waals surface area contributed by atoms with Crippen LogP contribution in [0.1, 0.15) is 37.0 Å². The van der Waals surface area contributed by atoms with Gasteiger partial charge < -0.3 is 20.5 Å². The molecule has 21 heavy (non-hydrogen) atoms. The molecule has 1 aromatic rings. The van der Waals surface area contributed by atoms with Crippen LogP contribution in [0.2, 0.25) is 0 Å². The van der Waals surface area contributed by atoms with Gasteiger partial charge in [0.05, 0.1) is 19.8 Å². The van der Waals surface area contributed by atoms with Crippen molar-refractivity contribution in [3.63, 3.8) is 0 Å². The number of rotatable bonds is 8. The van der Waals surface area contributed by atoms with Crippen molar-refractivity contribution in [1.82, 2.24) is 5.32 Å². The molecule has 118 valence electrons. The summed E-state index contributed by atoms with van der Waals surface area (Å²) in [5.74, 6) is 1.37. The number of carbonyl (C=O) groups is 1. The molecule has 0 saturated carbocycles. The summed E-state index contributed by atoms with van der Waals surface area (Å²) in [6.45, 7) is 4.69. The van der Waals surface area contributed by atoms with Gasteiger partial charge in [-0.1, -0.05) is 26.7 Å². The number of hydrogen-bond donors (Lipinski definition) is 2. The molecule has 3 N–H and O–H groups in total. The Morgan fingerprint density at radius 3 is 2.43 bits per heavy atom. The molecule has 0 radical (unpaired) electrons. The smallest absolute Gasteiger partial charge is 0.255 e. The van der Waals surface area contributed by atoms with Gasteiger partial charge in [0.2, 0.25) is 0 Å². The monoisotopic (exact) mass is 294 g/mol. The zero-order valence-corrected chi connectivity index (χ0v) is 13.3. The van der Waals surface area contributed by atoms with Crippen LogP contribution in [-0.4, -0.2) is 32.7 Å².